The molecule has 21 heavy (non-hydrogen) atoms. The number of carboxylic acid groups (broad SMARTS) is 1. The second kappa shape index (κ2) is 4.77. The predicted octanol–water partition coefficient (Wildman–Crippen LogP) is 2.69. The van der Waals surface area contributed by atoms with Crippen molar-refractivity contribution in [3.63, 3.8) is 0 Å². The fourth-order valence-corrected chi connectivity index (χ4v) is 2.52. The zero-order valence-electron chi connectivity index (χ0n) is 10.7. The first-order valence-electron chi connectivity index (χ1n) is 6.21. The van der Waals surface area contributed by atoms with Crippen LogP contribution in [0.25, 0.3) is 0 Å². The number of halogens is 3. The first kappa shape index (κ1) is 13.9. The Balaban J connectivity index is 1.85. The minimum Gasteiger partial charge on any atom is -0.465 e. The smallest absolute Gasteiger partial charge is 0.407 e. The number of aromatic nitrogens is 1. The predicted molar refractivity (Wildman–Crippen MR) is 71.7 cm³/mol. The molecule has 2 aliphatic heterocycles. The molecule has 1 aromatic heterocycles. The molecule has 1 fully saturated rings. The Morgan fingerprint density at radius 1 is 1.48 bits per heavy atom. The second-order valence-electron chi connectivity index (χ2n) is 4.99. The molecule has 1 aromatic rings. The van der Waals surface area contributed by atoms with Crippen LogP contribution in [0, 0.1) is 0 Å². The number of hydrogen-bond acceptors (Lipinski definition) is 2. The van der Waals surface area contributed by atoms with Gasteiger partial charge in [-0.1, -0.05) is 0 Å². The number of carbonyl (C=O) groups is 1. The summed E-state index contributed by atoms with van der Waals surface area (Å²) in [5, 5.41) is 9.01. The van der Waals surface area contributed by atoms with E-state index in [9.17, 15) is 13.6 Å². The van der Waals surface area contributed by atoms with Gasteiger partial charge in [-0.15, -0.1) is 0 Å². The molecule has 2 aliphatic rings. The first-order valence-corrected chi connectivity index (χ1v) is 6.59. The summed E-state index contributed by atoms with van der Waals surface area (Å²) in [7, 11) is 0. The highest BCUT2D eigenvalue weighted by atomic mass is 35.5. The molecular formula is C13H11ClF2N3O2+. The lowest BCUT2D eigenvalue weighted by Gasteiger charge is -2.37. The summed E-state index contributed by atoms with van der Waals surface area (Å²) in [6.07, 6.45) is 1.78. The van der Waals surface area contributed by atoms with E-state index in [1.807, 2.05) is 0 Å². The van der Waals surface area contributed by atoms with Crippen molar-refractivity contribution in [2.75, 3.05) is 13.1 Å². The van der Waals surface area contributed by atoms with Gasteiger partial charge >= 0.3 is 17.8 Å². The molecule has 0 unspecified atom stereocenters. The molecule has 0 spiro atoms. The second-order valence-corrected chi connectivity index (χ2v) is 5.38. The number of likely N-dealkylation sites (tertiary alicyclic amines) is 1. The summed E-state index contributed by atoms with van der Waals surface area (Å²) < 4.78 is 27.5. The monoisotopic (exact) mass is 314 g/mol. The van der Waals surface area contributed by atoms with Gasteiger partial charge in [0.25, 0.3) is 0 Å². The van der Waals surface area contributed by atoms with Gasteiger partial charge in [0.1, 0.15) is 6.21 Å². The molecule has 1 amide bonds. The van der Waals surface area contributed by atoms with Gasteiger partial charge in [-0.3, -0.25) is 0 Å². The minimum absolute atomic E-state index is 0.00689. The fourth-order valence-electron chi connectivity index (χ4n) is 2.31. The summed E-state index contributed by atoms with van der Waals surface area (Å²) in [6.45, 7) is 0.732. The van der Waals surface area contributed by atoms with Crippen molar-refractivity contribution in [1.82, 2.24) is 9.88 Å². The summed E-state index contributed by atoms with van der Waals surface area (Å²) >= 11 is 5.93. The van der Waals surface area contributed by atoms with Crippen LogP contribution in [-0.4, -0.2) is 50.9 Å². The summed E-state index contributed by atoms with van der Waals surface area (Å²) in [4.78, 5) is 16.0. The van der Waals surface area contributed by atoms with Crippen molar-refractivity contribution in [2.24, 2.45) is 0 Å². The summed E-state index contributed by atoms with van der Waals surface area (Å²) in [5.41, 5.74) is 0.791. The maximum atomic E-state index is 13.1. The molecule has 0 saturated carbocycles. The molecule has 0 bridgehead atoms. The van der Waals surface area contributed by atoms with Crippen LogP contribution in [0.4, 0.5) is 19.4 Å². The quantitative estimate of drug-likeness (QED) is 0.674. The van der Waals surface area contributed by atoms with E-state index in [0.717, 1.165) is 17.9 Å². The Morgan fingerprint density at radius 3 is 2.76 bits per heavy atom. The number of amides is 1. The van der Waals surface area contributed by atoms with Gasteiger partial charge in [0, 0.05) is 37.2 Å². The van der Waals surface area contributed by atoms with E-state index in [2.05, 4.69) is 4.98 Å². The van der Waals surface area contributed by atoms with Crippen LogP contribution < -0.4 is 0 Å². The fraction of sp³-hybridized carbons (Fsp3) is 0.308. The Hall–Kier alpha value is -2.02. The van der Waals surface area contributed by atoms with Crippen molar-refractivity contribution in [1.29, 1.82) is 0 Å². The van der Waals surface area contributed by atoms with Crippen molar-refractivity contribution in [3.8, 4) is 0 Å². The summed E-state index contributed by atoms with van der Waals surface area (Å²) in [6, 6.07) is 3.28. The van der Waals surface area contributed by atoms with Crippen LogP contribution in [0.5, 0.6) is 0 Å². The van der Waals surface area contributed by atoms with Gasteiger partial charge in [-0.25, -0.2) is 9.37 Å². The van der Waals surface area contributed by atoms with Gasteiger partial charge in [-0.2, -0.15) is 8.78 Å². The SMILES string of the molecule is O=C(O)N1CC(c2cc(Cl)nc([N+]3=CC(F)(F)C=C3)c2)C1. The molecule has 0 atom stereocenters. The van der Waals surface area contributed by atoms with Crippen molar-refractivity contribution >= 4 is 29.7 Å². The highest BCUT2D eigenvalue weighted by molar-refractivity contribution is 6.29. The molecule has 5 nitrogen and oxygen atoms in total. The third kappa shape index (κ3) is 2.73. The largest absolute Gasteiger partial charge is 0.465 e. The lowest BCUT2D eigenvalue weighted by atomic mass is 9.92. The molecule has 0 aliphatic carbocycles. The summed E-state index contributed by atoms with van der Waals surface area (Å²) in [5.74, 6) is -2.70. The first-order chi connectivity index (χ1) is 9.84. The van der Waals surface area contributed by atoms with Gasteiger partial charge in [-0.05, 0) is 22.1 Å². The standard InChI is InChI=1S/C13H10ClF2N3O2/c14-10-3-8(9-5-19(6-9)12(20)21)4-11(17-10)18-2-1-13(15,16)7-18/h1-4,7,9H,5-6H2/p+1. The number of pyridine rings is 1. The molecule has 3 heterocycles. The van der Waals surface area contributed by atoms with E-state index in [4.69, 9.17) is 16.7 Å². The van der Waals surface area contributed by atoms with E-state index in [0.29, 0.717) is 18.9 Å². The minimum atomic E-state index is -3.00. The zero-order valence-corrected chi connectivity index (χ0v) is 11.5. The van der Waals surface area contributed by atoms with Gasteiger partial charge in [0.15, 0.2) is 0 Å². The van der Waals surface area contributed by atoms with Gasteiger partial charge < -0.3 is 10.0 Å². The highest BCUT2D eigenvalue weighted by Gasteiger charge is 2.35. The maximum absolute atomic E-state index is 13.1. The van der Waals surface area contributed by atoms with E-state index >= 15 is 0 Å². The Bertz CT molecular complexity index is 669. The van der Waals surface area contributed by atoms with E-state index in [-0.39, 0.29) is 11.1 Å². The van der Waals surface area contributed by atoms with Gasteiger partial charge in [0.05, 0.1) is 6.20 Å². The molecule has 1 N–H and O–H groups in total. The molecule has 8 heteroatoms. The van der Waals surface area contributed by atoms with Crippen LogP contribution in [0.2, 0.25) is 5.15 Å². The Kier molecular flexibility index (Phi) is 3.16. The highest BCUT2D eigenvalue weighted by Crippen LogP contribution is 2.31. The molecule has 0 aromatic carbocycles. The number of hydrogen-bond donors (Lipinski definition) is 1. The van der Waals surface area contributed by atoms with E-state index in [1.165, 1.54) is 15.7 Å². The number of alkyl halides is 2. The zero-order chi connectivity index (χ0) is 15.2. The van der Waals surface area contributed by atoms with E-state index < -0.39 is 12.0 Å². The average Bonchev–Trinajstić information content (AvgIpc) is 2.66. The number of allylic oxidation sites excluding steroid dienone is 1. The Labute approximate surface area is 123 Å². The lowest BCUT2D eigenvalue weighted by molar-refractivity contribution is -0.358. The molecule has 1 saturated heterocycles. The van der Waals surface area contributed by atoms with Crippen LogP contribution in [0.3, 0.4) is 0 Å². The number of nitrogens with zero attached hydrogens (tertiary/aromatic N) is 3. The third-order valence-corrected chi connectivity index (χ3v) is 3.65. The van der Waals surface area contributed by atoms with Gasteiger partial charge in [0.2, 0.25) is 5.15 Å². The lowest BCUT2D eigenvalue weighted by Crippen LogP contribution is -2.47. The average molecular weight is 315 g/mol. The number of rotatable bonds is 2. The molecule has 0 radical (unpaired) electrons. The molecular weight excluding hydrogens is 304 g/mol. The molecule has 110 valence electrons. The van der Waals surface area contributed by atoms with Crippen LogP contribution in [0.1, 0.15) is 11.5 Å². The topological polar surface area (TPSA) is 56.4 Å². The Morgan fingerprint density at radius 2 is 2.19 bits per heavy atom. The normalized spacial score (nSPS) is 20.3. The van der Waals surface area contributed by atoms with Crippen LogP contribution in [-0.2, 0) is 0 Å². The maximum Gasteiger partial charge on any atom is 0.407 e. The van der Waals surface area contributed by atoms with Crippen molar-refractivity contribution in [2.45, 2.75) is 11.8 Å². The van der Waals surface area contributed by atoms with E-state index in [1.54, 1.807) is 12.1 Å². The van der Waals surface area contributed by atoms with Crippen LogP contribution in [0.15, 0.2) is 24.4 Å². The third-order valence-electron chi connectivity index (χ3n) is 3.46. The molecule has 3 rings (SSSR count). The van der Waals surface area contributed by atoms with Crippen LogP contribution >= 0.6 is 11.6 Å². The van der Waals surface area contributed by atoms with Crippen molar-refractivity contribution < 1.29 is 23.3 Å². The van der Waals surface area contributed by atoms with Crippen molar-refractivity contribution in [3.05, 3.63) is 35.1 Å².